The van der Waals surface area contributed by atoms with Gasteiger partial charge in [0.05, 0.1) is 4.90 Å². The molecule has 2 aromatic carbocycles. The summed E-state index contributed by atoms with van der Waals surface area (Å²) >= 11 is 3.23. The van der Waals surface area contributed by atoms with E-state index in [0.717, 1.165) is 4.47 Å². The molecule has 7 heteroatoms. The van der Waals surface area contributed by atoms with E-state index in [-0.39, 0.29) is 4.90 Å². The minimum atomic E-state index is -3.84. The zero-order valence-electron chi connectivity index (χ0n) is 10.9. The predicted molar refractivity (Wildman–Crippen MR) is 82.8 cm³/mol. The number of sulfonamides is 1. The van der Waals surface area contributed by atoms with Crippen LogP contribution in [0, 0.1) is 0 Å². The maximum atomic E-state index is 12.3. The molecule has 0 aromatic heterocycles. The van der Waals surface area contributed by atoms with E-state index in [1.807, 2.05) is 0 Å². The van der Waals surface area contributed by atoms with Gasteiger partial charge in [-0.25, -0.2) is 8.42 Å². The van der Waals surface area contributed by atoms with E-state index in [9.17, 15) is 13.2 Å². The number of halogens is 1. The van der Waals surface area contributed by atoms with Crippen LogP contribution in [0.25, 0.3) is 0 Å². The summed E-state index contributed by atoms with van der Waals surface area (Å²) < 4.78 is 27.7. The smallest absolute Gasteiger partial charge is 0.241 e. The highest BCUT2D eigenvalue weighted by Crippen LogP contribution is 2.19. The summed E-state index contributed by atoms with van der Waals surface area (Å²) in [5.41, 5.74) is 5.80. The van der Waals surface area contributed by atoms with E-state index < -0.39 is 22.0 Å². The number of hydrogen-bond acceptors (Lipinski definition) is 3. The van der Waals surface area contributed by atoms with Gasteiger partial charge >= 0.3 is 0 Å². The van der Waals surface area contributed by atoms with E-state index in [0.29, 0.717) is 5.56 Å². The Balaban J connectivity index is 2.32. The van der Waals surface area contributed by atoms with Crippen molar-refractivity contribution in [3.8, 4) is 0 Å². The number of carbonyl (C=O) groups excluding carboxylic acids is 1. The monoisotopic (exact) mass is 368 g/mol. The van der Waals surface area contributed by atoms with Crippen molar-refractivity contribution in [2.24, 2.45) is 5.73 Å². The van der Waals surface area contributed by atoms with Crippen LogP contribution in [-0.4, -0.2) is 14.3 Å². The summed E-state index contributed by atoms with van der Waals surface area (Å²) in [7, 11) is -3.84. The molecule has 3 N–H and O–H groups in total. The zero-order chi connectivity index (χ0) is 15.5. The Morgan fingerprint density at radius 2 is 1.62 bits per heavy atom. The van der Waals surface area contributed by atoms with Crippen molar-refractivity contribution in [1.82, 2.24) is 4.72 Å². The lowest BCUT2D eigenvalue weighted by atomic mass is 10.1. The third kappa shape index (κ3) is 3.90. The molecule has 0 radical (unpaired) electrons. The lowest BCUT2D eigenvalue weighted by Crippen LogP contribution is -2.37. The first kappa shape index (κ1) is 15.7. The number of primary amides is 1. The molecule has 0 spiro atoms. The normalized spacial score (nSPS) is 12.8. The molecule has 0 aliphatic carbocycles. The number of benzene rings is 2. The Morgan fingerprint density at radius 3 is 2.14 bits per heavy atom. The standard InChI is InChI=1S/C14H13BrN2O3S/c15-11-6-8-12(9-7-11)21(19,20)17-13(14(16)18)10-4-2-1-3-5-10/h1-9,13,17H,(H2,16,18). The number of nitrogens with one attached hydrogen (secondary N) is 1. The van der Waals surface area contributed by atoms with Gasteiger partial charge in [0, 0.05) is 4.47 Å². The van der Waals surface area contributed by atoms with Crippen LogP contribution in [0.1, 0.15) is 11.6 Å². The molecule has 5 nitrogen and oxygen atoms in total. The Morgan fingerprint density at radius 1 is 1.05 bits per heavy atom. The molecule has 2 aromatic rings. The van der Waals surface area contributed by atoms with Gasteiger partial charge in [-0.3, -0.25) is 4.79 Å². The minimum Gasteiger partial charge on any atom is -0.368 e. The number of rotatable bonds is 5. The Kier molecular flexibility index (Phi) is 4.76. The van der Waals surface area contributed by atoms with Crippen LogP contribution in [0.3, 0.4) is 0 Å². The Hall–Kier alpha value is -1.70. The largest absolute Gasteiger partial charge is 0.368 e. The molecule has 0 bridgehead atoms. The Bertz CT molecular complexity index is 731. The number of amides is 1. The van der Waals surface area contributed by atoms with Crippen LogP contribution >= 0.6 is 15.9 Å². The van der Waals surface area contributed by atoms with Gasteiger partial charge < -0.3 is 5.73 Å². The third-order valence-electron chi connectivity index (χ3n) is 2.81. The molecule has 0 saturated carbocycles. The molecule has 2 rings (SSSR count). The van der Waals surface area contributed by atoms with Gasteiger partial charge in [-0.05, 0) is 29.8 Å². The van der Waals surface area contributed by atoms with E-state index in [2.05, 4.69) is 20.7 Å². The molecule has 21 heavy (non-hydrogen) atoms. The van der Waals surface area contributed by atoms with Crippen LogP contribution in [0.15, 0.2) is 64.0 Å². The van der Waals surface area contributed by atoms with Crippen LogP contribution in [-0.2, 0) is 14.8 Å². The van der Waals surface area contributed by atoms with Crippen molar-refractivity contribution in [2.75, 3.05) is 0 Å². The second kappa shape index (κ2) is 6.38. The fourth-order valence-corrected chi connectivity index (χ4v) is 3.23. The highest BCUT2D eigenvalue weighted by Gasteiger charge is 2.25. The molecule has 1 amide bonds. The summed E-state index contributed by atoms with van der Waals surface area (Å²) in [4.78, 5) is 11.6. The highest BCUT2D eigenvalue weighted by atomic mass is 79.9. The van der Waals surface area contributed by atoms with Crippen LogP contribution in [0.4, 0.5) is 0 Å². The quantitative estimate of drug-likeness (QED) is 0.844. The molecular weight excluding hydrogens is 356 g/mol. The van der Waals surface area contributed by atoms with Gasteiger partial charge in [-0.1, -0.05) is 46.3 Å². The van der Waals surface area contributed by atoms with Gasteiger partial charge in [0.15, 0.2) is 0 Å². The fraction of sp³-hybridized carbons (Fsp3) is 0.0714. The maximum Gasteiger partial charge on any atom is 0.241 e. The fourth-order valence-electron chi connectivity index (χ4n) is 1.77. The van der Waals surface area contributed by atoms with Crippen molar-refractivity contribution in [3.05, 3.63) is 64.6 Å². The molecule has 0 saturated heterocycles. The van der Waals surface area contributed by atoms with Crippen molar-refractivity contribution in [1.29, 1.82) is 0 Å². The first-order valence-corrected chi connectivity index (χ1v) is 8.30. The summed E-state index contributed by atoms with van der Waals surface area (Å²) in [6.45, 7) is 0. The number of nitrogens with two attached hydrogens (primary N) is 1. The summed E-state index contributed by atoms with van der Waals surface area (Å²) in [6.07, 6.45) is 0. The SMILES string of the molecule is NC(=O)C(NS(=O)(=O)c1ccc(Br)cc1)c1ccccc1. The van der Waals surface area contributed by atoms with E-state index in [4.69, 9.17) is 5.73 Å². The molecular formula is C14H13BrN2O3S. The van der Waals surface area contributed by atoms with Gasteiger partial charge in [0.1, 0.15) is 6.04 Å². The Labute approximate surface area is 131 Å². The van der Waals surface area contributed by atoms with Gasteiger partial charge in [0.2, 0.25) is 15.9 Å². The minimum absolute atomic E-state index is 0.0629. The summed E-state index contributed by atoms with van der Waals surface area (Å²) in [5.74, 6) is -0.762. The van der Waals surface area contributed by atoms with Crippen LogP contribution in [0.5, 0.6) is 0 Å². The second-order valence-electron chi connectivity index (χ2n) is 4.32. The lowest BCUT2D eigenvalue weighted by molar-refractivity contribution is -0.119. The molecule has 1 unspecified atom stereocenters. The maximum absolute atomic E-state index is 12.3. The first-order valence-electron chi connectivity index (χ1n) is 6.02. The van der Waals surface area contributed by atoms with Gasteiger partial charge in [0.25, 0.3) is 0 Å². The number of carbonyl (C=O) groups is 1. The van der Waals surface area contributed by atoms with E-state index in [1.54, 1.807) is 42.5 Å². The van der Waals surface area contributed by atoms with Gasteiger partial charge in [-0.15, -0.1) is 0 Å². The summed E-state index contributed by atoms with van der Waals surface area (Å²) in [6, 6.07) is 13.4. The second-order valence-corrected chi connectivity index (χ2v) is 6.95. The average molecular weight is 369 g/mol. The van der Waals surface area contributed by atoms with Crippen LogP contribution < -0.4 is 10.5 Å². The van der Waals surface area contributed by atoms with E-state index >= 15 is 0 Å². The average Bonchev–Trinajstić information content (AvgIpc) is 2.46. The predicted octanol–water partition coefficient (Wildman–Crippen LogP) is 1.95. The lowest BCUT2D eigenvalue weighted by Gasteiger charge is -2.16. The molecule has 0 fully saturated rings. The molecule has 1 atom stereocenters. The number of hydrogen-bond donors (Lipinski definition) is 2. The molecule has 0 aliphatic rings. The third-order valence-corrected chi connectivity index (χ3v) is 4.78. The molecule has 0 aliphatic heterocycles. The van der Waals surface area contributed by atoms with Gasteiger partial charge in [-0.2, -0.15) is 4.72 Å². The van der Waals surface area contributed by atoms with Crippen molar-refractivity contribution >= 4 is 31.9 Å². The zero-order valence-corrected chi connectivity index (χ0v) is 13.3. The van der Waals surface area contributed by atoms with Crippen molar-refractivity contribution < 1.29 is 13.2 Å². The summed E-state index contributed by atoms with van der Waals surface area (Å²) in [5, 5.41) is 0. The first-order chi connectivity index (χ1) is 9.90. The topological polar surface area (TPSA) is 89.3 Å². The van der Waals surface area contributed by atoms with Crippen LogP contribution in [0.2, 0.25) is 0 Å². The molecule has 0 heterocycles. The van der Waals surface area contributed by atoms with E-state index in [1.165, 1.54) is 12.1 Å². The molecule has 110 valence electrons. The van der Waals surface area contributed by atoms with Crippen molar-refractivity contribution in [2.45, 2.75) is 10.9 Å². The van der Waals surface area contributed by atoms with Crippen molar-refractivity contribution in [3.63, 3.8) is 0 Å². The highest BCUT2D eigenvalue weighted by molar-refractivity contribution is 9.10.